The van der Waals surface area contributed by atoms with Crippen LogP contribution in [-0.2, 0) is 0 Å². The second kappa shape index (κ2) is 4.48. The third-order valence-electron chi connectivity index (χ3n) is 1.87. The summed E-state index contributed by atoms with van der Waals surface area (Å²) in [4.78, 5) is 11.2. The standard InChI is InChI=1S/C12H12O2/c1-4-5-10-8-11(14-3)6-7-12(10)9(2)13/h6-8H,1-3H3. The minimum atomic E-state index is 0.0189. The summed E-state index contributed by atoms with van der Waals surface area (Å²) in [5.74, 6) is 6.39. The Hall–Kier alpha value is -1.75. The fraction of sp³-hybridized carbons (Fsp3) is 0.250. The van der Waals surface area contributed by atoms with Gasteiger partial charge in [0.2, 0.25) is 0 Å². The molecule has 2 nitrogen and oxygen atoms in total. The third-order valence-corrected chi connectivity index (χ3v) is 1.87. The lowest BCUT2D eigenvalue weighted by Gasteiger charge is -2.03. The number of rotatable bonds is 2. The molecule has 1 rings (SSSR count). The molecule has 2 heteroatoms. The van der Waals surface area contributed by atoms with E-state index in [0.29, 0.717) is 11.3 Å². The van der Waals surface area contributed by atoms with Gasteiger partial charge in [0.25, 0.3) is 0 Å². The number of carbonyl (C=O) groups excluding carboxylic acids is 1. The summed E-state index contributed by atoms with van der Waals surface area (Å²) in [5, 5.41) is 0. The van der Waals surface area contributed by atoms with Gasteiger partial charge < -0.3 is 4.74 Å². The molecule has 0 saturated heterocycles. The molecule has 0 unspecified atom stereocenters. The normalized spacial score (nSPS) is 8.79. The van der Waals surface area contributed by atoms with Gasteiger partial charge in [0, 0.05) is 11.1 Å². The van der Waals surface area contributed by atoms with Gasteiger partial charge in [-0.15, -0.1) is 5.92 Å². The Kier molecular flexibility index (Phi) is 3.30. The van der Waals surface area contributed by atoms with Crippen LogP contribution in [-0.4, -0.2) is 12.9 Å². The van der Waals surface area contributed by atoms with E-state index in [-0.39, 0.29) is 5.78 Å². The highest BCUT2D eigenvalue weighted by molar-refractivity contribution is 5.96. The van der Waals surface area contributed by atoms with Gasteiger partial charge in [-0.05, 0) is 32.0 Å². The van der Waals surface area contributed by atoms with Gasteiger partial charge >= 0.3 is 0 Å². The van der Waals surface area contributed by atoms with E-state index in [1.165, 1.54) is 6.92 Å². The lowest BCUT2D eigenvalue weighted by molar-refractivity contribution is 0.101. The molecular weight excluding hydrogens is 176 g/mol. The molecule has 1 aromatic rings. The molecule has 0 aliphatic heterocycles. The zero-order valence-corrected chi connectivity index (χ0v) is 8.55. The van der Waals surface area contributed by atoms with E-state index < -0.39 is 0 Å². The molecular formula is C12H12O2. The number of carbonyl (C=O) groups is 1. The van der Waals surface area contributed by atoms with Gasteiger partial charge in [-0.2, -0.15) is 0 Å². The SMILES string of the molecule is CC#Cc1cc(OC)ccc1C(C)=O. The molecule has 0 amide bonds. The van der Waals surface area contributed by atoms with Crippen LogP contribution in [0.2, 0.25) is 0 Å². The number of methoxy groups -OCH3 is 1. The van der Waals surface area contributed by atoms with Crippen molar-refractivity contribution in [3.63, 3.8) is 0 Å². The maximum Gasteiger partial charge on any atom is 0.161 e. The highest BCUT2D eigenvalue weighted by Crippen LogP contribution is 2.17. The first-order valence-electron chi connectivity index (χ1n) is 4.30. The molecule has 0 radical (unpaired) electrons. The Morgan fingerprint density at radius 2 is 2.14 bits per heavy atom. The minimum Gasteiger partial charge on any atom is -0.497 e. The van der Waals surface area contributed by atoms with E-state index in [1.807, 2.05) is 0 Å². The molecule has 0 N–H and O–H groups in total. The van der Waals surface area contributed by atoms with Crippen LogP contribution in [0.5, 0.6) is 5.75 Å². The summed E-state index contributed by atoms with van der Waals surface area (Å²) in [6, 6.07) is 5.27. The van der Waals surface area contributed by atoms with E-state index in [4.69, 9.17) is 4.74 Å². The monoisotopic (exact) mass is 188 g/mol. The number of ketones is 1. The maximum absolute atomic E-state index is 11.2. The molecule has 72 valence electrons. The van der Waals surface area contributed by atoms with Crippen LogP contribution in [0.3, 0.4) is 0 Å². The molecule has 0 aliphatic rings. The van der Waals surface area contributed by atoms with E-state index in [9.17, 15) is 4.79 Å². The number of hydrogen-bond donors (Lipinski definition) is 0. The van der Waals surface area contributed by atoms with E-state index in [2.05, 4.69) is 11.8 Å². The Balaban J connectivity index is 3.28. The first-order valence-corrected chi connectivity index (χ1v) is 4.30. The molecule has 0 heterocycles. The number of benzene rings is 1. The number of Topliss-reactive ketones (excluding diaryl/α,β-unsaturated/α-hetero) is 1. The Labute approximate surface area is 83.9 Å². The van der Waals surface area contributed by atoms with Gasteiger partial charge in [-0.25, -0.2) is 0 Å². The first-order chi connectivity index (χ1) is 6.69. The predicted octanol–water partition coefficient (Wildman–Crippen LogP) is 2.27. The third kappa shape index (κ3) is 2.14. The van der Waals surface area contributed by atoms with Crippen molar-refractivity contribution in [2.45, 2.75) is 13.8 Å². The minimum absolute atomic E-state index is 0.0189. The highest BCUT2D eigenvalue weighted by Gasteiger charge is 2.06. The molecule has 1 aromatic carbocycles. The molecule has 0 aromatic heterocycles. The molecule has 0 fully saturated rings. The van der Waals surface area contributed by atoms with Crippen molar-refractivity contribution >= 4 is 5.78 Å². The van der Waals surface area contributed by atoms with Crippen LogP contribution in [0.25, 0.3) is 0 Å². The van der Waals surface area contributed by atoms with Crippen LogP contribution in [0.4, 0.5) is 0 Å². The van der Waals surface area contributed by atoms with Gasteiger partial charge in [-0.1, -0.05) is 5.92 Å². The van der Waals surface area contributed by atoms with Crippen molar-refractivity contribution in [2.75, 3.05) is 7.11 Å². The summed E-state index contributed by atoms with van der Waals surface area (Å²) in [7, 11) is 1.59. The summed E-state index contributed by atoms with van der Waals surface area (Å²) >= 11 is 0. The zero-order valence-electron chi connectivity index (χ0n) is 8.55. The fourth-order valence-corrected chi connectivity index (χ4v) is 1.20. The number of hydrogen-bond acceptors (Lipinski definition) is 2. The Morgan fingerprint density at radius 3 is 2.64 bits per heavy atom. The van der Waals surface area contributed by atoms with Gasteiger partial charge in [0.05, 0.1) is 7.11 Å². The zero-order chi connectivity index (χ0) is 10.6. The summed E-state index contributed by atoms with van der Waals surface area (Å²) in [6.07, 6.45) is 0. The lowest BCUT2D eigenvalue weighted by Crippen LogP contribution is -1.97. The average Bonchev–Trinajstić information content (AvgIpc) is 2.17. The van der Waals surface area contributed by atoms with E-state index in [0.717, 1.165) is 5.56 Å². The smallest absolute Gasteiger partial charge is 0.161 e. The molecule has 0 saturated carbocycles. The largest absolute Gasteiger partial charge is 0.497 e. The van der Waals surface area contributed by atoms with Gasteiger partial charge in [0.15, 0.2) is 5.78 Å². The number of ether oxygens (including phenoxy) is 1. The van der Waals surface area contributed by atoms with Crippen LogP contribution in [0, 0.1) is 11.8 Å². The average molecular weight is 188 g/mol. The van der Waals surface area contributed by atoms with Crippen molar-refractivity contribution in [3.8, 4) is 17.6 Å². The quantitative estimate of drug-likeness (QED) is 0.525. The molecule has 0 atom stereocenters. The summed E-state index contributed by atoms with van der Waals surface area (Å²) in [6.45, 7) is 3.27. The van der Waals surface area contributed by atoms with Crippen LogP contribution >= 0.6 is 0 Å². The van der Waals surface area contributed by atoms with Crippen molar-refractivity contribution in [1.82, 2.24) is 0 Å². The van der Waals surface area contributed by atoms with Crippen LogP contribution in [0.1, 0.15) is 29.8 Å². The molecule has 0 bridgehead atoms. The van der Waals surface area contributed by atoms with Crippen LogP contribution in [0.15, 0.2) is 18.2 Å². The second-order valence-electron chi connectivity index (χ2n) is 2.84. The molecule has 0 aliphatic carbocycles. The fourth-order valence-electron chi connectivity index (χ4n) is 1.20. The van der Waals surface area contributed by atoms with Crippen molar-refractivity contribution in [1.29, 1.82) is 0 Å². The van der Waals surface area contributed by atoms with Crippen molar-refractivity contribution < 1.29 is 9.53 Å². The highest BCUT2D eigenvalue weighted by atomic mass is 16.5. The van der Waals surface area contributed by atoms with Gasteiger partial charge in [0.1, 0.15) is 5.75 Å². The topological polar surface area (TPSA) is 26.3 Å². The van der Waals surface area contributed by atoms with Gasteiger partial charge in [-0.3, -0.25) is 4.79 Å². The van der Waals surface area contributed by atoms with Crippen LogP contribution < -0.4 is 4.74 Å². The van der Waals surface area contributed by atoms with E-state index >= 15 is 0 Å². The molecule has 0 spiro atoms. The van der Waals surface area contributed by atoms with Crippen molar-refractivity contribution in [3.05, 3.63) is 29.3 Å². The summed E-state index contributed by atoms with van der Waals surface area (Å²) < 4.78 is 5.06. The maximum atomic E-state index is 11.2. The van der Waals surface area contributed by atoms with Crippen molar-refractivity contribution in [2.24, 2.45) is 0 Å². The molecule has 14 heavy (non-hydrogen) atoms. The predicted molar refractivity (Wildman–Crippen MR) is 55.6 cm³/mol. The Morgan fingerprint density at radius 1 is 1.43 bits per heavy atom. The second-order valence-corrected chi connectivity index (χ2v) is 2.84. The lowest BCUT2D eigenvalue weighted by atomic mass is 10.0. The summed E-state index contributed by atoms with van der Waals surface area (Å²) in [5.41, 5.74) is 1.36. The van der Waals surface area contributed by atoms with E-state index in [1.54, 1.807) is 32.2 Å². The first kappa shape index (κ1) is 10.3. The Bertz CT molecular complexity index is 408.